The van der Waals surface area contributed by atoms with Crippen LogP contribution >= 0.6 is 0 Å². The van der Waals surface area contributed by atoms with Crippen molar-refractivity contribution < 1.29 is 27.5 Å². The van der Waals surface area contributed by atoms with Crippen LogP contribution in [0, 0.1) is 6.92 Å². The van der Waals surface area contributed by atoms with Gasteiger partial charge in [-0.3, -0.25) is 14.4 Å². The molecule has 0 saturated carbocycles. The number of alkyl halides is 3. The van der Waals surface area contributed by atoms with Gasteiger partial charge in [0.1, 0.15) is 18.0 Å². The van der Waals surface area contributed by atoms with E-state index in [1.807, 2.05) is 6.92 Å². The van der Waals surface area contributed by atoms with Crippen molar-refractivity contribution in [3.63, 3.8) is 0 Å². The second-order valence-corrected chi connectivity index (χ2v) is 7.00. The summed E-state index contributed by atoms with van der Waals surface area (Å²) >= 11 is 0. The zero-order valence-electron chi connectivity index (χ0n) is 17.6. The van der Waals surface area contributed by atoms with E-state index in [9.17, 15) is 27.6 Å². The lowest BCUT2D eigenvalue weighted by Crippen LogP contribution is -2.31. The molecule has 0 bridgehead atoms. The summed E-state index contributed by atoms with van der Waals surface area (Å²) in [7, 11) is 1.24. The minimum atomic E-state index is -4.62. The van der Waals surface area contributed by atoms with Gasteiger partial charge in [0.25, 0.3) is 11.5 Å². The van der Waals surface area contributed by atoms with Gasteiger partial charge < -0.3 is 15.4 Å². The van der Waals surface area contributed by atoms with Crippen LogP contribution in [0.3, 0.4) is 0 Å². The predicted octanol–water partition coefficient (Wildman–Crippen LogP) is 3.47. The first-order valence-electron chi connectivity index (χ1n) is 9.58. The molecule has 0 aliphatic heterocycles. The lowest BCUT2D eigenvalue weighted by atomic mass is 10.1. The van der Waals surface area contributed by atoms with E-state index < -0.39 is 35.7 Å². The Morgan fingerprint density at radius 1 is 1.03 bits per heavy atom. The number of ether oxygens (including phenoxy) is 1. The highest BCUT2D eigenvalue weighted by Gasteiger charge is 2.31. The third kappa shape index (κ3) is 5.97. The number of nitrogens with zero attached hydrogens (tertiary/aromatic N) is 2. The van der Waals surface area contributed by atoms with Crippen molar-refractivity contribution in [3.05, 3.63) is 81.8 Å². The monoisotopic (exact) mass is 460 g/mol. The second kappa shape index (κ2) is 9.55. The van der Waals surface area contributed by atoms with Crippen molar-refractivity contribution in [3.8, 4) is 5.75 Å². The summed E-state index contributed by atoms with van der Waals surface area (Å²) in [5, 5.41) is 8.79. The van der Waals surface area contributed by atoms with Crippen molar-refractivity contribution in [2.24, 2.45) is 0 Å². The molecule has 2 amide bonds. The van der Waals surface area contributed by atoms with E-state index in [-0.39, 0.29) is 17.1 Å². The molecule has 1 heterocycles. The van der Waals surface area contributed by atoms with Crippen LogP contribution in [0.5, 0.6) is 5.75 Å². The van der Waals surface area contributed by atoms with E-state index >= 15 is 0 Å². The molecule has 0 aliphatic rings. The fourth-order valence-corrected chi connectivity index (χ4v) is 2.82. The number of aryl methyl sites for hydroxylation is 1. The molecule has 172 valence electrons. The molecule has 2 N–H and O–H groups in total. The smallest absolute Gasteiger partial charge is 0.416 e. The van der Waals surface area contributed by atoms with Crippen LogP contribution in [-0.4, -0.2) is 28.7 Å². The molecule has 0 atom stereocenters. The average molecular weight is 460 g/mol. The standard InChI is InChI=1S/C22H19F3N4O4/c1-13-3-6-15(7-4-13)26-21(32)16-8-10-20(31)29(28-16)12-19(30)27-17-11-14(22(23,24)25)5-9-18(17)33-2/h3-11H,12H2,1-2H3,(H,26,32)(H,27,30). The topological polar surface area (TPSA) is 102 Å². The van der Waals surface area contributed by atoms with Gasteiger partial charge in [-0.25, -0.2) is 4.68 Å². The normalized spacial score (nSPS) is 11.1. The lowest BCUT2D eigenvalue weighted by Gasteiger charge is -2.14. The maximum atomic E-state index is 13.0. The second-order valence-electron chi connectivity index (χ2n) is 7.00. The number of benzene rings is 2. The van der Waals surface area contributed by atoms with Gasteiger partial charge in [-0.15, -0.1) is 0 Å². The number of hydrogen-bond donors (Lipinski definition) is 2. The van der Waals surface area contributed by atoms with E-state index in [2.05, 4.69) is 15.7 Å². The van der Waals surface area contributed by atoms with Gasteiger partial charge >= 0.3 is 6.18 Å². The van der Waals surface area contributed by atoms with Gasteiger partial charge in [0.05, 0.1) is 18.4 Å². The SMILES string of the molecule is COc1ccc(C(F)(F)F)cc1NC(=O)Cn1nc(C(=O)Nc2ccc(C)cc2)ccc1=O. The van der Waals surface area contributed by atoms with Crippen LogP contribution in [0.25, 0.3) is 0 Å². The Balaban J connectivity index is 1.77. The minimum Gasteiger partial charge on any atom is -0.495 e. The number of carbonyl (C=O) groups is 2. The maximum absolute atomic E-state index is 13.0. The Morgan fingerprint density at radius 3 is 2.36 bits per heavy atom. The molecule has 2 aromatic carbocycles. The van der Waals surface area contributed by atoms with Gasteiger partial charge in [-0.05, 0) is 43.3 Å². The first kappa shape index (κ1) is 23.5. The number of hydrogen-bond acceptors (Lipinski definition) is 5. The van der Waals surface area contributed by atoms with Crippen LogP contribution in [-0.2, 0) is 17.5 Å². The molecular weight excluding hydrogens is 441 g/mol. The maximum Gasteiger partial charge on any atom is 0.416 e. The molecule has 0 saturated heterocycles. The molecule has 33 heavy (non-hydrogen) atoms. The van der Waals surface area contributed by atoms with Crippen LogP contribution < -0.4 is 20.9 Å². The molecule has 0 aliphatic carbocycles. The van der Waals surface area contributed by atoms with Gasteiger partial charge in [-0.2, -0.15) is 18.3 Å². The largest absolute Gasteiger partial charge is 0.495 e. The van der Waals surface area contributed by atoms with Gasteiger partial charge in [0, 0.05) is 11.8 Å². The third-order valence-corrected chi connectivity index (χ3v) is 4.50. The number of aromatic nitrogens is 2. The van der Waals surface area contributed by atoms with Crippen molar-refractivity contribution in [1.82, 2.24) is 9.78 Å². The van der Waals surface area contributed by atoms with E-state index in [1.54, 1.807) is 24.3 Å². The van der Waals surface area contributed by atoms with Crippen molar-refractivity contribution in [2.75, 3.05) is 17.7 Å². The lowest BCUT2D eigenvalue weighted by molar-refractivity contribution is -0.137. The first-order chi connectivity index (χ1) is 15.6. The molecule has 3 aromatic rings. The molecule has 1 aromatic heterocycles. The van der Waals surface area contributed by atoms with E-state index in [0.29, 0.717) is 5.69 Å². The van der Waals surface area contributed by atoms with Crippen LogP contribution in [0.4, 0.5) is 24.5 Å². The summed E-state index contributed by atoms with van der Waals surface area (Å²) in [4.78, 5) is 37.0. The Bertz CT molecular complexity index is 1240. The van der Waals surface area contributed by atoms with E-state index in [1.165, 1.54) is 13.2 Å². The molecule has 3 rings (SSSR count). The minimum absolute atomic E-state index is 0.00267. The number of halogens is 3. The Hall–Kier alpha value is -4.15. The summed E-state index contributed by atoms with van der Waals surface area (Å²) in [6.07, 6.45) is -4.62. The van der Waals surface area contributed by atoms with E-state index in [0.717, 1.165) is 34.5 Å². The zero-order chi connectivity index (χ0) is 24.2. The van der Waals surface area contributed by atoms with Crippen molar-refractivity contribution >= 4 is 23.2 Å². The van der Waals surface area contributed by atoms with Crippen LogP contribution in [0.2, 0.25) is 0 Å². The van der Waals surface area contributed by atoms with Gasteiger partial charge in [0.2, 0.25) is 5.91 Å². The van der Waals surface area contributed by atoms with Gasteiger partial charge in [0.15, 0.2) is 0 Å². The molecule has 0 unspecified atom stereocenters. The van der Waals surface area contributed by atoms with Crippen molar-refractivity contribution in [1.29, 1.82) is 0 Å². The molecular formula is C22H19F3N4O4. The highest BCUT2D eigenvalue weighted by molar-refractivity contribution is 6.02. The molecule has 0 spiro atoms. The summed E-state index contributed by atoms with van der Waals surface area (Å²) in [6.45, 7) is 1.26. The van der Waals surface area contributed by atoms with E-state index in [4.69, 9.17) is 4.74 Å². The molecule has 0 fully saturated rings. The number of amides is 2. The predicted molar refractivity (Wildman–Crippen MR) is 114 cm³/mol. The number of carbonyl (C=O) groups excluding carboxylic acids is 2. The number of anilines is 2. The van der Waals surface area contributed by atoms with Crippen LogP contribution in [0.1, 0.15) is 21.6 Å². The fraction of sp³-hybridized carbons (Fsp3) is 0.182. The number of rotatable bonds is 6. The summed E-state index contributed by atoms with van der Waals surface area (Å²) < 4.78 is 44.7. The summed E-state index contributed by atoms with van der Waals surface area (Å²) in [5.74, 6) is -1.44. The molecule has 8 nitrogen and oxygen atoms in total. The average Bonchev–Trinajstić information content (AvgIpc) is 2.76. The Kier molecular flexibility index (Phi) is 6.80. The Morgan fingerprint density at radius 2 is 1.73 bits per heavy atom. The summed E-state index contributed by atoms with van der Waals surface area (Å²) in [5.41, 5.74) is -0.488. The summed E-state index contributed by atoms with van der Waals surface area (Å²) in [6, 6.07) is 11.9. The third-order valence-electron chi connectivity index (χ3n) is 4.50. The molecule has 0 radical (unpaired) electrons. The molecule has 11 heteroatoms. The highest BCUT2D eigenvalue weighted by Crippen LogP contribution is 2.34. The van der Waals surface area contributed by atoms with Crippen molar-refractivity contribution in [2.45, 2.75) is 19.6 Å². The number of methoxy groups -OCH3 is 1. The Labute approximate surface area is 186 Å². The fourth-order valence-electron chi connectivity index (χ4n) is 2.82. The zero-order valence-corrected chi connectivity index (χ0v) is 17.6. The quantitative estimate of drug-likeness (QED) is 0.587. The first-order valence-corrected chi connectivity index (χ1v) is 9.58. The highest BCUT2D eigenvalue weighted by atomic mass is 19.4. The number of nitrogens with one attached hydrogen (secondary N) is 2. The van der Waals surface area contributed by atoms with Gasteiger partial charge in [-0.1, -0.05) is 17.7 Å². The van der Waals surface area contributed by atoms with Crippen LogP contribution in [0.15, 0.2) is 59.4 Å².